The summed E-state index contributed by atoms with van der Waals surface area (Å²) in [5.41, 5.74) is 4.27. The van der Waals surface area contributed by atoms with E-state index in [9.17, 15) is 0 Å². The van der Waals surface area contributed by atoms with Crippen LogP contribution in [0, 0.1) is 0 Å². The quantitative estimate of drug-likeness (QED) is 0.867. The highest BCUT2D eigenvalue weighted by Crippen LogP contribution is 2.33. The van der Waals surface area contributed by atoms with E-state index < -0.39 is 0 Å². The van der Waals surface area contributed by atoms with Crippen molar-refractivity contribution in [1.29, 1.82) is 0 Å². The molecule has 1 nitrogen and oxygen atoms in total. The van der Waals surface area contributed by atoms with Gasteiger partial charge in [-0.15, -0.1) is 0 Å². The second kappa shape index (κ2) is 5.66. The summed E-state index contributed by atoms with van der Waals surface area (Å²) in [6.07, 6.45) is 3.42. The highest BCUT2D eigenvalue weighted by Gasteiger charge is 2.23. The molecule has 3 rings (SSSR count). The zero-order valence-electron chi connectivity index (χ0n) is 11.0. The van der Waals surface area contributed by atoms with Gasteiger partial charge in [0, 0.05) is 17.1 Å². The van der Waals surface area contributed by atoms with Gasteiger partial charge in [-0.3, -0.25) is 0 Å². The molecular weight excluding hydrogens is 274 g/mol. The van der Waals surface area contributed by atoms with Gasteiger partial charge in [-0.2, -0.15) is 11.3 Å². The first-order valence-electron chi connectivity index (χ1n) is 6.78. The van der Waals surface area contributed by atoms with Gasteiger partial charge >= 0.3 is 0 Å². The van der Waals surface area contributed by atoms with Crippen LogP contribution in [0.25, 0.3) is 0 Å². The van der Waals surface area contributed by atoms with Crippen molar-refractivity contribution < 1.29 is 0 Å². The minimum atomic E-state index is 0.487. The first-order valence-corrected chi connectivity index (χ1v) is 8.10. The summed E-state index contributed by atoms with van der Waals surface area (Å²) in [5.74, 6) is 0. The van der Waals surface area contributed by atoms with Crippen LogP contribution in [0.15, 0.2) is 35.0 Å². The lowest BCUT2D eigenvalue weighted by molar-refractivity contribution is 0.451. The number of hydrogen-bond acceptors (Lipinski definition) is 2. The predicted molar refractivity (Wildman–Crippen MR) is 83.1 cm³/mol. The van der Waals surface area contributed by atoms with Crippen LogP contribution in [0.3, 0.4) is 0 Å². The van der Waals surface area contributed by atoms with Crippen molar-refractivity contribution in [2.45, 2.75) is 38.3 Å². The van der Waals surface area contributed by atoms with Gasteiger partial charge in [0.25, 0.3) is 0 Å². The first-order chi connectivity index (χ1) is 9.22. The Labute approximate surface area is 123 Å². The highest BCUT2D eigenvalue weighted by atomic mass is 35.5. The number of benzene rings is 1. The molecule has 0 amide bonds. The van der Waals surface area contributed by atoms with Crippen LogP contribution in [0.2, 0.25) is 5.02 Å². The number of aryl methyl sites for hydroxylation is 1. The zero-order valence-corrected chi connectivity index (χ0v) is 12.6. The van der Waals surface area contributed by atoms with Crippen molar-refractivity contribution in [3.05, 3.63) is 56.7 Å². The fourth-order valence-corrected chi connectivity index (χ4v) is 3.80. The van der Waals surface area contributed by atoms with Gasteiger partial charge in [0.2, 0.25) is 0 Å². The van der Waals surface area contributed by atoms with Crippen LogP contribution >= 0.6 is 22.9 Å². The third-order valence-corrected chi connectivity index (χ3v) is 4.76. The molecule has 0 aliphatic heterocycles. The average Bonchev–Trinajstić information content (AvgIpc) is 2.99. The lowest BCUT2D eigenvalue weighted by Gasteiger charge is -2.20. The van der Waals surface area contributed by atoms with Gasteiger partial charge in [-0.05, 0) is 71.8 Å². The Morgan fingerprint density at radius 2 is 2.32 bits per heavy atom. The van der Waals surface area contributed by atoms with Crippen LogP contribution in [0.4, 0.5) is 0 Å². The molecule has 0 saturated carbocycles. The molecule has 1 heterocycles. The maximum absolute atomic E-state index is 6.05. The van der Waals surface area contributed by atoms with E-state index in [-0.39, 0.29) is 0 Å². The van der Waals surface area contributed by atoms with Crippen molar-refractivity contribution in [3.63, 3.8) is 0 Å². The molecule has 19 heavy (non-hydrogen) atoms. The maximum atomic E-state index is 6.05. The third kappa shape index (κ3) is 3.02. The van der Waals surface area contributed by atoms with Crippen LogP contribution in [0.5, 0.6) is 0 Å². The Balaban J connectivity index is 1.66. The highest BCUT2D eigenvalue weighted by molar-refractivity contribution is 7.07. The van der Waals surface area contributed by atoms with Crippen molar-refractivity contribution in [2.24, 2.45) is 0 Å². The van der Waals surface area contributed by atoms with E-state index in [0.717, 1.165) is 17.9 Å². The summed E-state index contributed by atoms with van der Waals surface area (Å²) in [5, 5.41) is 8.99. The molecule has 2 atom stereocenters. The van der Waals surface area contributed by atoms with Gasteiger partial charge in [0.1, 0.15) is 0 Å². The monoisotopic (exact) mass is 291 g/mol. The minimum Gasteiger partial charge on any atom is -0.307 e. The van der Waals surface area contributed by atoms with Crippen molar-refractivity contribution in [2.75, 3.05) is 0 Å². The molecule has 1 aliphatic rings. The molecule has 2 unspecified atom stereocenters. The summed E-state index contributed by atoms with van der Waals surface area (Å²) < 4.78 is 0. The molecule has 100 valence electrons. The van der Waals surface area contributed by atoms with E-state index in [1.807, 2.05) is 6.07 Å². The van der Waals surface area contributed by atoms with Crippen LogP contribution < -0.4 is 5.32 Å². The summed E-state index contributed by atoms with van der Waals surface area (Å²) in [6.45, 7) is 2.27. The summed E-state index contributed by atoms with van der Waals surface area (Å²) in [7, 11) is 0. The number of rotatable bonds is 4. The van der Waals surface area contributed by atoms with Gasteiger partial charge < -0.3 is 5.32 Å². The van der Waals surface area contributed by atoms with E-state index in [2.05, 4.69) is 41.2 Å². The second-order valence-electron chi connectivity index (χ2n) is 5.34. The fourth-order valence-electron chi connectivity index (χ4n) is 2.92. The van der Waals surface area contributed by atoms with Crippen LogP contribution in [-0.2, 0) is 12.8 Å². The summed E-state index contributed by atoms with van der Waals surface area (Å²) in [6, 6.07) is 9.50. The fraction of sp³-hybridized carbons (Fsp3) is 0.375. The van der Waals surface area contributed by atoms with Gasteiger partial charge in [0.15, 0.2) is 0 Å². The van der Waals surface area contributed by atoms with Gasteiger partial charge in [-0.25, -0.2) is 0 Å². The van der Waals surface area contributed by atoms with E-state index in [1.54, 1.807) is 11.3 Å². The van der Waals surface area contributed by atoms with E-state index in [1.165, 1.54) is 23.1 Å². The van der Waals surface area contributed by atoms with Gasteiger partial charge in [-0.1, -0.05) is 17.7 Å². The largest absolute Gasteiger partial charge is 0.307 e. The number of thiophene rings is 1. The topological polar surface area (TPSA) is 12.0 Å². The lowest BCUT2D eigenvalue weighted by atomic mass is 10.1. The zero-order chi connectivity index (χ0) is 13.2. The predicted octanol–water partition coefficient (Wildman–Crippen LogP) is 4.61. The SMILES string of the molecule is CC(Cc1ccsc1)NC1CCc2cc(Cl)ccc21. The standard InChI is InChI=1S/C16H18ClNS/c1-11(8-12-6-7-19-10-12)18-16-5-2-13-9-14(17)3-4-15(13)16/h3-4,6-7,9-11,16,18H,2,5,8H2,1H3. The Morgan fingerprint density at radius 3 is 3.11 bits per heavy atom. The Bertz CT molecular complexity index is 550. The number of hydrogen-bond donors (Lipinski definition) is 1. The molecule has 0 bridgehead atoms. The van der Waals surface area contributed by atoms with Crippen molar-refractivity contribution in [1.82, 2.24) is 5.32 Å². The molecule has 0 spiro atoms. The smallest absolute Gasteiger partial charge is 0.0408 e. The Hall–Kier alpha value is -0.830. The van der Waals surface area contributed by atoms with Crippen molar-refractivity contribution in [3.8, 4) is 0 Å². The van der Waals surface area contributed by atoms with Crippen molar-refractivity contribution >= 4 is 22.9 Å². The molecule has 3 heteroatoms. The second-order valence-corrected chi connectivity index (χ2v) is 6.55. The van der Waals surface area contributed by atoms with E-state index in [4.69, 9.17) is 11.6 Å². The van der Waals surface area contributed by atoms with E-state index >= 15 is 0 Å². The normalized spacial score (nSPS) is 19.4. The minimum absolute atomic E-state index is 0.487. The molecular formula is C16H18ClNS. The van der Waals surface area contributed by atoms with Crippen LogP contribution in [-0.4, -0.2) is 6.04 Å². The number of halogens is 1. The molecule has 1 N–H and O–H groups in total. The molecule has 0 radical (unpaired) electrons. The first kappa shape index (κ1) is 13.2. The maximum Gasteiger partial charge on any atom is 0.0408 e. The lowest BCUT2D eigenvalue weighted by Crippen LogP contribution is -2.31. The molecule has 1 aromatic carbocycles. The summed E-state index contributed by atoms with van der Waals surface area (Å²) >= 11 is 7.82. The van der Waals surface area contributed by atoms with Crippen LogP contribution in [0.1, 0.15) is 36.1 Å². The number of fused-ring (bicyclic) bond motifs is 1. The summed E-state index contributed by atoms with van der Waals surface area (Å²) in [4.78, 5) is 0. The molecule has 2 aromatic rings. The third-order valence-electron chi connectivity index (χ3n) is 3.79. The Morgan fingerprint density at radius 1 is 1.42 bits per heavy atom. The Kier molecular flexibility index (Phi) is 3.92. The van der Waals surface area contributed by atoms with Gasteiger partial charge in [0.05, 0.1) is 0 Å². The average molecular weight is 292 g/mol. The molecule has 1 aromatic heterocycles. The number of nitrogens with one attached hydrogen (secondary N) is 1. The molecule has 0 fully saturated rings. The van der Waals surface area contributed by atoms with E-state index in [0.29, 0.717) is 12.1 Å². The molecule has 1 aliphatic carbocycles. The molecule has 0 saturated heterocycles.